The first-order chi connectivity index (χ1) is 15.3. The van der Waals surface area contributed by atoms with Gasteiger partial charge in [-0.2, -0.15) is 0 Å². The van der Waals surface area contributed by atoms with E-state index in [1.54, 1.807) is 0 Å². The molecule has 0 aliphatic carbocycles. The maximum atomic E-state index is 11.6. The summed E-state index contributed by atoms with van der Waals surface area (Å²) in [4.78, 5) is 11.6. The molecule has 0 saturated heterocycles. The first-order valence-corrected chi connectivity index (χ1v) is 14.1. The fourth-order valence-electron chi connectivity index (χ4n) is 4.06. The minimum Gasteiger partial charge on any atom is -0.434 e. The van der Waals surface area contributed by atoms with Gasteiger partial charge in [0.1, 0.15) is 0 Å². The number of carbonyl (C=O) groups is 1. The lowest BCUT2D eigenvalue weighted by Gasteiger charge is -2.07. The Morgan fingerprint density at radius 2 is 0.613 bits per heavy atom. The molecular weight excluding hydrogens is 384 g/mol. The Labute approximate surface area is 195 Å². The second-order valence-electron chi connectivity index (χ2n) is 9.37. The number of unbranched alkanes of at least 4 members (excludes halogenated alkanes) is 21. The van der Waals surface area contributed by atoms with Crippen molar-refractivity contribution in [1.82, 2.24) is 0 Å². The second-order valence-corrected chi connectivity index (χ2v) is 9.37. The van der Waals surface area contributed by atoms with Crippen LogP contribution in [0.2, 0.25) is 0 Å². The van der Waals surface area contributed by atoms with Gasteiger partial charge in [0, 0.05) is 0 Å². The van der Waals surface area contributed by atoms with E-state index in [0.29, 0.717) is 13.2 Å². The van der Waals surface area contributed by atoms with Crippen molar-refractivity contribution in [3.63, 3.8) is 0 Å². The van der Waals surface area contributed by atoms with Gasteiger partial charge in [-0.05, 0) is 12.8 Å². The maximum absolute atomic E-state index is 11.6. The Morgan fingerprint density at radius 1 is 0.387 bits per heavy atom. The van der Waals surface area contributed by atoms with Crippen LogP contribution >= 0.6 is 0 Å². The highest BCUT2D eigenvalue weighted by molar-refractivity contribution is 5.59. The van der Waals surface area contributed by atoms with Crippen molar-refractivity contribution in [2.75, 3.05) is 13.2 Å². The van der Waals surface area contributed by atoms with Crippen molar-refractivity contribution in [2.24, 2.45) is 0 Å². The van der Waals surface area contributed by atoms with Crippen LogP contribution in [0.3, 0.4) is 0 Å². The molecule has 0 aliphatic rings. The smallest absolute Gasteiger partial charge is 0.434 e. The SMILES string of the molecule is CCCCCCCCCCCCCCCOC(=O)OCCCCCCCCCCCC. The molecule has 0 radical (unpaired) electrons. The maximum Gasteiger partial charge on any atom is 0.508 e. The molecule has 0 heterocycles. The summed E-state index contributed by atoms with van der Waals surface area (Å²) in [5.41, 5.74) is 0. The molecule has 0 amide bonds. The van der Waals surface area contributed by atoms with Crippen molar-refractivity contribution in [3.8, 4) is 0 Å². The topological polar surface area (TPSA) is 35.5 Å². The summed E-state index contributed by atoms with van der Waals surface area (Å²) in [6.07, 6.45) is 29.7. The number of rotatable bonds is 25. The van der Waals surface area contributed by atoms with Gasteiger partial charge in [0.2, 0.25) is 0 Å². The highest BCUT2D eigenvalue weighted by atomic mass is 16.7. The molecule has 0 rings (SSSR count). The third-order valence-corrected chi connectivity index (χ3v) is 6.19. The van der Waals surface area contributed by atoms with E-state index in [0.717, 1.165) is 25.7 Å². The summed E-state index contributed by atoms with van der Waals surface area (Å²) < 4.78 is 10.3. The van der Waals surface area contributed by atoms with Crippen LogP contribution in [0.4, 0.5) is 4.79 Å². The Morgan fingerprint density at radius 3 is 0.871 bits per heavy atom. The van der Waals surface area contributed by atoms with E-state index >= 15 is 0 Å². The summed E-state index contributed by atoms with van der Waals surface area (Å²) in [5, 5.41) is 0. The number of hydrogen-bond acceptors (Lipinski definition) is 3. The molecule has 0 aromatic rings. The third kappa shape index (κ3) is 27.2. The molecule has 0 N–H and O–H groups in total. The average molecular weight is 441 g/mol. The Hall–Kier alpha value is -0.730. The lowest BCUT2D eigenvalue weighted by molar-refractivity contribution is 0.0529. The molecule has 0 bridgehead atoms. The molecule has 186 valence electrons. The standard InChI is InChI=1S/C28H56O3/c1-3-5-7-9-11-13-15-16-17-19-21-23-25-27-31-28(29)30-26-24-22-20-18-14-12-10-8-6-4-2/h3-27H2,1-2H3. The monoisotopic (exact) mass is 440 g/mol. The molecular formula is C28H56O3. The van der Waals surface area contributed by atoms with Crippen molar-refractivity contribution < 1.29 is 14.3 Å². The summed E-state index contributed by atoms with van der Waals surface area (Å²) in [6, 6.07) is 0. The van der Waals surface area contributed by atoms with Crippen LogP contribution in [0.25, 0.3) is 0 Å². The highest BCUT2D eigenvalue weighted by Crippen LogP contribution is 2.13. The predicted octanol–water partition coefficient (Wildman–Crippen LogP) is 10.2. The van der Waals surface area contributed by atoms with Crippen LogP contribution in [0.15, 0.2) is 0 Å². The normalized spacial score (nSPS) is 11.0. The van der Waals surface area contributed by atoms with Crippen molar-refractivity contribution in [3.05, 3.63) is 0 Å². The van der Waals surface area contributed by atoms with E-state index < -0.39 is 6.16 Å². The van der Waals surface area contributed by atoms with E-state index in [1.165, 1.54) is 122 Å². The Kier molecular flexibility index (Phi) is 26.7. The summed E-state index contributed by atoms with van der Waals surface area (Å²) in [6.45, 7) is 5.55. The predicted molar refractivity (Wildman–Crippen MR) is 135 cm³/mol. The summed E-state index contributed by atoms with van der Waals surface area (Å²) in [7, 11) is 0. The minimum absolute atomic E-state index is 0.477. The fraction of sp³-hybridized carbons (Fsp3) is 0.964. The molecule has 3 heteroatoms. The number of carbonyl (C=O) groups excluding carboxylic acids is 1. The van der Waals surface area contributed by atoms with Gasteiger partial charge in [-0.1, -0.05) is 149 Å². The average Bonchev–Trinajstić information content (AvgIpc) is 2.77. The van der Waals surface area contributed by atoms with E-state index in [-0.39, 0.29) is 0 Å². The molecule has 0 saturated carbocycles. The zero-order valence-electron chi connectivity index (χ0n) is 21.4. The lowest BCUT2D eigenvalue weighted by atomic mass is 10.0. The van der Waals surface area contributed by atoms with Gasteiger partial charge in [0.25, 0.3) is 0 Å². The van der Waals surface area contributed by atoms with Gasteiger partial charge in [-0.15, -0.1) is 0 Å². The summed E-state index contributed by atoms with van der Waals surface area (Å²) in [5.74, 6) is 0. The van der Waals surface area contributed by atoms with Crippen molar-refractivity contribution in [2.45, 2.75) is 162 Å². The molecule has 0 fully saturated rings. The van der Waals surface area contributed by atoms with Gasteiger partial charge in [0.05, 0.1) is 13.2 Å². The van der Waals surface area contributed by atoms with Crippen LogP contribution in [-0.2, 0) is 9.47 Å². The molecule has 0 atom stereocenters. The highest BCUT2D eigenvalue weighted by Gasteiger charge is 2.03. The quantitative estimate of drug-likeness (QED) is 0.105. The van der Waals surface area contributed by atoms with E-state index in [1.807, 2.05) is 0 Å². The molecule has 3 nitrogen and oxygen atoms in total. The van der Waals surface area contributed by atoms with Gasteiger partial charge in [0.15, 0.2) is 0 Å². The minimum atomic E-state index is -0.477. The van der Waals surface area contributed by atoms with Crippen LogP contribution < -0.4 is 0 Å². The number of ether oxygens (including phenoxy) is 2. The van der Waals surface area contributed by atoms with Gasteiger partial charge >= 0.3 is 6.16 Å². The van der Waals surface area contributed by atoms with Crippen LogP contribution in [0.5, 0.6) is 0 Å². The zero-order valence-corrected chi connectivity index (χ0v) is 21.4. The van der Waals surface area contributed by atoms with E-state index in [2.05, 4.69) is 13.8 Å². The molecule has 0 aromatic heterocycles. The second kappa shape index (κ2) is 27.3. The Balaban J connectivity index is 3.13. The first kappa shape index (κ1) is 30.3. The fourth-order valence-corrected chi connectivity index (χ4v) is 4.06. The summed E-state index contributed by atoms with van der Waals surface area (Å²) >= 11 is 0. The molecule has 0 spiro atoms. The first-order valence-electron chi connectivity index (χ1n) is 14.1. The van der Waals surface area contributed by atoms with Gasteiger partial charge < -0.3 is 9.47 Å². The van der Waals surface area contributed by atoms with Crippen molar-refractivity contribution in [1.29, 1.82) is 0 Å². The number of hydrogen-bond donors (Lipinski definition) is 0. The van der Waals surface area contributed by atoms with E-state index in [9.17, 15) is 4.79 Å². The van der Waals surface area contributed by atoms with Gasteiger partial charge in [-0.3, -0.25) is 0 Å². The molecule has 0 unspecified atom stereocenters. The van der Waals surface area contributed by atoms with Crippen LogP contribution in [-0.4, -0.2) is 19.4 Å². The zero-order chi connectivity index (χ0) is 22.7. The van der Waals surface area contributed by atoms with Gasteiger partial charge in [-0.25, -0.2) is 4.79 Å². The molecule has 0 aromatic carbocycles. The lowest BCUT2D eigenvalue weighted by Crippen LogP contribution is -2.09. The Bertz CT molecular complexity index is 343. The largest absolute Gasteiger partial charge is 0.508 e. The van der Waals surface area contributed by atoms with E-state index in [4.69, 9.17) is 9.47 Å². The molecule has 0 aliphatic heterocycles. The molecule has 31 heavy (non-hydrogen) atoms. The van der Waals surface area contributed by atoms with Crippen LogP contribution in [0, 0.1) is 0 Å². The van der Waals surface area contributed by atoms with Crippen LogP contribution in [0.1, 0.15) is 162 Å². The third-order valence-electron chi connectivity index (χ3n) is 6.19. The van der Waals surface area contributed by atoms with Crippen molar-refractivity contribution >= 4 is 6.16 Å².